The molecule has 0 amide bonds. The predicted octanol–water partition coefficient (Wildman–Crippen LogP) is 0.378. The molecular weight excluding hydrogens is 168 g/mol. The fourth-order valence-electron chi connectivity index (χ4n) is 0.959. The van der Waals surface area contributed by atoms with Gasteiger partial charge in [-0.15, -0.1) is 5.10 Å². The Labute approximate surface area is 74.1 Å². The van der Waals surface area contributed by atoms with Crippen LogP contribution in [0.3, 0.4) is 0 Å². The average Bonchev–Trinajstić information content (AvgIpc) is 2.67. The minimum Gasteiger partial charge on any atom is -0.276 e. The van der Waals surface area contributed by atoms with Crippen molar-refractivity contribution in [3.8, 4) is 11.4 Å². The Morgan fingerprint density at radius 2 is 2.08 bits per heavy atom. The lowest BCUT2D eigenvalue weighted by atomic mass is 10.3. The highest BCUT2D eigenvalue weighted by Gasteiger charge is 2.01. The maximum absolute atomic E-state index is 10.3. The van der Waals surface area contributed by atoms with E-state index in [2.05, 4.69) is 15.1 Å². The Kier molecular flexibility index (Phi) is 1.84. The highest BCUT2D eigenvalue weighted by Crippen LogP contribution is 2.10. The van der Waals surface area contributed by atoms with Crippen LogP contribution in [-0.2, 0) is 4.79 Å². The van der Waals surface area contributed by atoms with Gasteiger partial charge in [0.25, 0.3) is 0 Å². The van der Waals surface area contributed by atoms with Gasteiger partial charge in [0.05, 0.1) is 0 Å². The molecule has 2 aromatic heterocycles. The zero-order chi connectivity index (χ0) is 9.10. The summed E-state index contributed by atoms with van der Waals surface area (Å²) in [5.74, 6) is 0.523. The molecule has 0 radical (unpaired) electrons. The lowest BCUT2D eigenvalue weighted by molar-refractivity contribution is 0.540. The van der Waals surface area contributed by atoms with Crippen molar-refractivity contribution in [2.24, 2.45) is 0 Å². The quantitative estimate of drug-likeness (QED) is 0.617. The lowest BCUT2D eigenvalue weighted by Crippen LogP contribution is -1.94. The summed E-state index contributed by atoms with van der Waals surface area (Å²) in [6.45, 7) is 0. The molecule has 0 aliphatic carbocycles. The van der Waals surface area contributed by atoms with Gasteiger partial charge in [-0.3, -0.25) is 9.78 Å². The van der Waals surface area contributed by atoms with Gasteiger partial charge in [0, 0.05) is 18.0 Å². The van der Waals surface area contributed by atoms with Crippen LogP contribution in [0.2, 0.25) is 0 Å². The molecule has 0 bridgehead atoms. The highest BCUT2D eigenvalue weighted by atomic mass is 16.1. The van der Waals surface area contributed by atoms with Crippen LogP contribution in [-0.4, -0.2) is 26.2 Å². The third kappa shape index (κ3) is 1.44. The van der Waals surface area contributed by atoms with Crippen molar-refractivity contribution in [1.29, 1.82) is 0 Å². The molecule has 0 saturated heterocycles. The summed E-state index contributed by atoms with van der Waals surface area (Å²) in [4.78, 5) is 18.1. The van der Waals surface area contributed by atoms with Gasteiger partial charge < -0.3 is 0 Å². The summed E-state index contributed by atoms with van der Waals surface area (Å²) < 4.78 is 1.12. The molecule has 0 spiro atoms. The highest BCUT2D eigenvalue weighted by molar-refractivity contribution is 5.56. The Morgan fingerprint density at radius 3 is 2.69 bits per heavy atom. The molecule has 0 unspecified atom stereocenters. The van der Waals surface area contributed by atoms with Crippen molar-refractivity contribution in [2.45, 2.75) is 0 Å². The first kappa shape index (κ1) is 7.60. The first-order chi connectivity index (χ1) is 6.40. The molecule has 0 N–H and O–H groups in total. The Morgan fingerprint density at radius 1 is 1.31 bits per heavy atom. The Hall–Kier alpha value is -2.04. The second-order valence-corrected chi connectivity index (χ2v) is 2.39. The molecule has 64 valence electrons. The molecule has 5 nitrogen and oxygen atoms in total. The largest absolute Gasteiger partial charge is 0.276 e. The summed E-state index contributed by atoms with van der Waals surface area (Å²) in [6.07, 6.45) is 5.26. The van der Waals surface area contributed by atoms with E-state index >= 15 is 0 Å². The number of aromatic nitrogens is 4. The Balaban J connectivity index is 2.41. The zero-order valence-corrected chi connectivity index (χ0v) is 6.66. The van der Waals surface area contributed by atoms with E-state index in [9.17, 15) is 4.79 Å². The van der Waals surface area contributed by atoms with Crippen LogP contribution in [0, 0.1) is 0 Å². The van der Waals surface area contributed by atoms with E-state index in [1.165, 1.54) is 6.33 Å². The summed E-state index contributed by atoms with van der Waals surface area (Å²) in [6, 6.07) is 3.56. The van der Waals surface area contributed by atoms with Gasteiger partial charge in [-0.05, 0) is 12.1 Å². The molecule has 2 rings (SSSR count). The van der Waals surface area contributed by atoms with E-state index in [1.54, 1.807) is 24.5 Å². The molecule has 0 aliphatic heterocycles. The van der Waals surface area contributed by atoms with Gasteiger partial charge in [0.2, 0.25) is 6.41 Å². The standard InChI is InChI=1S/C8H6N4O/c13-6-12-5-10-8(11-12)7-1-3-9-4-2-7/h1-6H. The van der Waals surface area contributed by atoms with E-state index in [-0.39, 0.29) is 0 Å². The lowest BCUT2D eigenvalue weighted by Gasteiger charge is -1.90. The van der Waals surface area contributed by atoms with Crippen molar-refractivity contribution < 1.29 is 4.79 Å². The number of hydrogen-bond donors (Lipinski definition) is 0. The van der Waals surface area contributed by atoms with Crippen molar-refractivity contribution >= 4 is 6.41 Å². The Bertz CT molecular complexity index is 409. The van der Waals surface area contributed by atoms with Crippen LogP contribution in [0.15, 0.2) is 30.9 Å². The van der Waals surface area contributed by atoms with Crippen molar-refractivity contribution in [3.05, 3.63) is 30.9 Å². The number of hydrogen-bond acceptors (Lipinski definition) is 4. The van der Waals surface area contributed by atoms with Crippen molar-refractivity contribution in [2.75, 3.05) is 0 Å². The molecular formula is C8H6N4O. The van der Waals surface area contributed by atoms with Crippen LogP contribution in [0.4, 0.5) is 0 Å². The maximum Gasteiger partial charge on any atom is 0.235 e. The molecule has 5 heteroatoms. The van der Waals surface area contributed by atoms with Crippen LogP contribution in [0.1, 0.15) is 0 Å². The van der Waals surface area contributed by atoms with E-state index < -0.39 is 0 Å². The zero-order valence-electron chi connectivity index (χ0n) is 6.66. The molecule has 13 heavy (non-hydrogen) atoms. The predicted molar refractivity (Wildman–Crippen MR) is 45.4 cm³/mol. The minimum atomic E-state index is 0.523. The third-order valence-corrected chi connectivity index (χ3v) is 1.56. The second-order valence-electron chi connectivity index (χ2n) is 2.39. The molecule has 0 aliphatic rings. The molecule has 2 aromatic rings. The number of carbonyl (C=O) groups excluding carboxylic acids is 1. The van der Waals surface area contributed by atoms with Crippen LogP contribution >= 0.6 is 0 Å². The average molecular weight is 174 g/mol. The van der Waals surface area contributed by atoms with Crippen LogP contribution < -0.4 is 0 Å². The normalized spacial score (nSPS) is 9.85. The van der Waals surface area contributed by atoms with Gasteiger partial charge in [-0.25, -0.2) is 4.98 Å². The van der Waals surface area contributed by atoms with Crippen molar-refractivity contribution in [1.82, 2.24) is 19.7 Å². The van der Waals surface area contributed by atoms with Gasteiger partial charge in [-0.2, -0.15) is 4.68 Å². The maximum atomic E-state index is 10.3. The minimum absolute atomic E-state index is 0.523. The number of nitrogens with zero attached hydrogens (tertiary/aromatic N) is 4. The summed E-state index contributed by atoms with van der Waals surface area (Å²) >= 11 is 0. The summed E-state index contributed by atoms with van der Waals surface area (Å²) in [7, 11) is 0. The monoisotopic (exact) mass is 174 g/mol. The first-order valence-electron chi connectivity index (χ1n) is 3.67. The summed E-state index contributed by atoms with van der Waals surface area (Å²) in [5.41, 5.74) is 0.843. The van der Waals surface area contributed by atoms with E-state index in [0.717, 1.165) is 10.2 Å². The van der Waals surface area contributed by atoms with E-state index in [1.807, 2.05) is 0 Å². The van der Waals surface area contributed by atoms with Gasteiger partial charge in [0.1, 0.15) is 6.33 Å². The van der Waals surface area contributed by atoms with E-state index in [4.69, 9.17) is 0 Å². The van der Waals surface area contributed by atoms with Gasteiger partial charge >= 0.3 is 0 Å². The molecule has 0 saturated carbocycles. The number of carbonyl (C=O) groups is 1. The van der Waals surface area contributed by atoms with Gasteiger partial charge in [0.15, 0.2) is 5.82 Å². The molecule has 2 heterocycles. The van der Waals surface area contributed by atoms with Crippen LogP contribution in [0.5, 0.6) is 0 Å². The third-order valence-electron chi connectivity index (χ3n) is 1.56. The van der Waals surface area contributed by atoms with E-state index in [0.29, 0.717) is 12.2 Å². The smallest absolute Gasteiger partial charge is 0.235 e. The van der Waals surface area contributed by atoms with Crippen molar-refractivity contribution in [3.63, 3.8) is 0 Å². The molecule has 0 atom stereocenters. The fraction of sp³-hybridized carbons (Fsp3) is 0. The second kappa shape index (κ2) is 3.14. The molecule has 0 fully saturated rings. The van der Waals surface area contributed by atoms with Gasteiger partial charge in [-0.1, -0.05) is 0 Å². The molecule has 0 aromatic carbocycles. The number of rotatable bonds is 2. The first-order valence-corrected chi connectivity index (χ1v) is 3.67. The topological polar surface area (TPSA) is 60.7 Å². The van der Waals surface area contributed by atoms with Crippen LogP contribution in [0.25, 0.3) is 11.4 Å². The SMILES string of the molecule is O=Cn1cnc(-c2ccncc2)n1. The fourth-order valence-corrected chi connectivity index (χ4v) is 0.959. The summed E-state index contributed by atoms with van der Waals surface area (Å²) in [5, 5.41) is 3.91. The number of pyridine rings is 1.